The van der Waals surface area contributed by atoms with Crippen LogP contribution in [0.2, 0.25) is 5.02 Å². The highest BCUT2D eigenvalue weighted by Crippen LogP contribution is 2.22. The highest BCUT2D eigenvalue weighted by Gasteiger charge is 2.12. The number of rotatable bonds is 5. The van der Waals surface area contributed by atoms with E-state index in [2.05, 4.69) is 10.3 Å². The Labute approximate surface area is 120 Å². The van der Waals surface area contributed by atoms with E-state index < -0.39 is 11.6 Å². The van der Waals surface area contributed by atoms with Crippen molar-refractivity contribution in [2.24, 2.45) is 0 Å². The summed E-state index contributed by atoms with van der Waals surface area (Å²) in [5.74, 6) is -1.85. The summed E-state index contributed by atoms with van der Waals surface area (Å²) >= 11 is 5.76. The van der Waals surface area contributed by atoms with Gasteiger partial charge in [-0.2, -0.15) is 4.98 Å². The smallest absolute Gasteiger partial charge is 0.252 e. The van der Waals surface area contributed by atoms with E-state index in [-0.39, 0.29) is 18.3 Å². The molecule has 0 bridgehead atoms. The van der Waals surface area contributed by atoms with Crippen LogP contribution in [0.25, 0.3) is 0 Å². The summed E-state index contributed by atoms with van der Waals surface area (Å²) in [5, 5.41) is 3.30. The van der Waals surface area contributed by atoms with E-state index in [0.29, 0.717) is 11.6 Å². The van der Waals surface area contributed by atoms with Crippen LogP contribution in [0.3, 0.4) is 0 Å². The molecule has 0 atom stereocenters. The minimum absolute atomic E-state index is 0.0278. The van der Waals surface area contributed by atoms with Crippen LogP contribution in [0.1, 0.15) is 12.5 Å². The van der Waals surface area contributed by atoms with Crippen molar-refractivity contribution < 1.29 is 13.5 Å². The maximum Gasteiger partial charge on any atom is 0.252 e. The predicted octanol–water partition coefficient (Wildman–Crippen LogP) is 4.02. The molecule has 1 heterocycles. The minimum atomic E-state index is -0.835. The molecule has 0 aliphatic heterocycles. The number of ether oxygens (including phenoxy) is 1. The Hall–Kier alpha value is -1.88. The van der Waals surface area contributed by atoms with Gasteiger partial charge >= 0.3 is 0 Å². The van der Waals surface area contributed by atoms with Crippen molar-refractivity contribution in [3.8, 4) is 5.88 Å². The summed E-state index contributed by atoms with van der Waals surface area (Å²) < 4.78 is 32.2. The maximum absolute atomic E-state index is 13.6. The number of hydrogen-bond acceptors (Lipinski definition) is 3. The van der Waals surface area contributed by atoms with Crippen molar-refractivity contribution >= 4 is 17.4 Å². The van der Waals surface area contributed by atoms with Crippen molar-refractivity contribution in [2.45, 2.75) is 13.5 Å². The van der Waals surface area contributed by atoms with Crippen LogP contribution < -0.4 is 10.1 Å². The van der Waals surface area contributed by atoms with Crippen molar-refractivity contribution in [3.05, 3.63) is 52.6 Å². The van der Waals surface area contributed by atoms with Crippen LogP contribution in [-0.2, 0) is 6.61 Å². The minimum Gasteiger partial charge on any atom is -0.471 e. The molecule has 6 heteroatoms. The van der Waals surface area contributed by atoms with Gasteiger partial charge in [0.25, 0.3) is 5.88 Å². The molecule has 3 nitrogen and oxygen atoms in total. The molecule has 20 heavy (non-hydrogen) atoms. The number of anilines is 1. The molecule has 2 rings (SSSR count). The predicted molar refractivity (Wildman–Crippen MR) is 74.1 cm³/mol. The first-order valence-electron chi connectivity index (χ1n) is 6.07. The van der Waals surface area contributed by atoms with Gasteiger partial charge in [-0.3, -0.25) is 0 Å². The van der Waals surface area contributed by atoms with Gasteiger partial charge in [0, 0.05) is 17.6 Å². The molecular weight excluding hydrogens is 286 g/mol. The van der Waals surface area contributed by atoms with Gasteiger partial charge in [0.1, 0.15) is 6.61 Å². The number of nitrogens with one attached hydrogen (secondary N) is 1. The second-order valence-electron chi connectivity index (χ2n) is 4.05. The molecule has 0 saturated carbocycles. The standard InChI is InChI=1S/C14H13ClF2N2O/c1-2-18-13-11(16)7-12(17)14(19-13)20-8-9-3-5-10(15)6-4-9/h3-7H,2,8H2,1H3,(H,18,19). The Morgan fingerprint density at radius 3 is 2.55 bits per heavy atom. The summed E-state index contributed by atoms with van der Waals surface area (Å²) in [7, 11) is 0. The SMILES string of the molecule is CCNc1nc(OCc2ccc(Cl)cc2)c(F)cc1F. The van der Waals surface area contributed by atoms with E-state index in [4.69, 9.17) is 16.3 Å². The lowest BCUT2D eigenvalue weighted by Gasteiger charge is -2.10. The van der Waals surface area contributed by atoms with Crippen LogP contribution in [0.5, 0.6) is 5.88 Å². The highest BCUT2D eigenvalue weighted by molar-refractivity contribution is 6.30. The van der Waals surface area contributed by atoms with Crippen LogP contribution in [-0.4, -0.2) is 11.5 Å². The molecule has 1 N–H and O–H groups in total. The van der Waals surface area contributed by atoms with Crippen molar-refractivity contribution in [1.29, 1.82) is 0 Å². The number of benzene rings is 1. The molecule has 0 aliphatic carbocycles. The van der Waals surface area contributed by atoms with E-state index >= 15 is 0 Å². The third kappa shape index (κ3) is 3.57. The van der Waals surface area contributed by atoms with Crippen LogP contribution in [0.4, 0.5) is 14.6 Å². The second-order valence-corrected chi connectivity index (χ2v) is 4.49. The topological polar surface area (TPSA) is 34.2 Å². The number of aromatic nitrogens is 1. The fraction of sp³-hybridized carbons (Fsp3) is 0.214. The van der Waals surface area contributed by atoms with Gasteiger partial charge in [0.15, 0.2) is 17.5 Å². The molecule has 1 aromatic carbocycles. The van der Waals surface area contributed by atoms with E-state index in [9.17, 15) is 8.78 Å². The Balaban J connectivity index is 2.12. The zero-order valence-corrected chi connectivity index (χ0v) is 11.5. The molecule has 2 aromatic rings. The van der Waals surface area contributed by atoms with Crippen molar-refractivity contribution in [1.82, 2.24) is 4.98 Å². The van der Waals surface area contributed by atoms with Gasteiger partial charge in [-0.15, -0.1) is 0 Å². The largest absolute Gasteiger partial charge is 0.471 e. The Morgan fingerprint density at radius 2 is 1.90 bits per heavy atom. The van der Waals surface area contributed by atoms with E-state index in [1.165, 1.54) is 0 Å². The third-order valence-corrected chi connectivity index (χ3v) is 2.78. The molecular formula is C14H13ClF2N2O. The summed E-state index contributed by atoms with van der Waals surface area (Å²) in [6, 6.07) is 7.68. The number of nitrogens with zero attached hydrogens (tertiary/aromatic N) is 1. The quantitative estimate of drug-likeness (QED) is 0.905. The lowest BCUT2D eigenvalue weighted by molar-refractivity contribution is 0.276. The molecule has 0 radical (unpaired) electrons. The molecule has 0 spiro atoms. The van der Waals surface area contributed by atoms with Crippen molar-refractivity contribution in [2.75, 3.05) is 11.9 Å². The first kappa shape index (κ1) is 14.5. The van der Waals surface area contributed by atoms with Crippen LogP contribution in [0.15, 0.2) is 30.3 Å². The number of halogens is 3. The first-order chi connectivity index (χ1) is 9.60. The van der Waals surface area contributed by atoms with Crippen LogP contribution >= 0.6 is 11.6 Å². The number of pyridine rings is 1. The average Bonchev–Trinajstić information content (AvgIpc) is 2.42. The average molecular weight is 299 g/mol. The second kappa shape index (κ2) is 6.52. The van der Waals surface area contributed by atoms with Gasteiger partial charge in [-0.1, -0.05) is 23.7 Å². The van der Waals surface area contributed by atoms with Gasteiger partial charge in [-0.25, -0.2) is 8.78 Å². The molecule has 0 saturated heterocycles. The molecule has 0 unspecified atom stereocenters. The van der Waals surface area contributed by atoms with Gasteiger partial charge in [-0.05, 0) is 24.6 Å². The Bertz CT molecular complexity index is 590. The lowest BCUT2D eigenvalue weighted by atomic mass is 10.2. The number of hydrogen-bond donors (Lipinski definition) is 1. The van der Waals surface area contributed by atoms with Gasteiger partial charge in [0.05, 0.1) is 0 Å². The molecule has 0 amide bonds. The van der Waals surface area contributed by atoms with Gasteiger partial charge in [0.2, 0.25) is 0 Å². The van der Waals surface area contributed by atoms with E-state index in [1.54, 1.807) is 31.2 Å². The first-order valence-corrected chi connectivity index (χ1v) is 6.45. The zero-order chi connectivity index (χ0) is 14.5. The third-order valence-electron chi connectivity index (χ3n) is 2.53. The maximum atomic E-state index is 13.6. The summed E-state index contributed by atoms with van der Waals surface area (Å²) in [6.45, 7) is 2.39. The molecule has 106 valence electrons. The summed E-state index contributed by atoms with van der Waals surface area (Å²) in [6.07, 6.45) is 0. The fourth-order valence-electron chi connectivity index (χ4n) is 1.57. The van der Waals surface area contributed by atoms with E-state index in [1.807, 2.05) is 0 Å². The molecule has 0 fully saturated rings. The molecule has 0 aliphatic rings. The van der Waals surface area contributed by atoms with Gasteiger partial charge < -0.3 is 10.1 Å². The fourth-order valence-corrected chi connectivity index (χ4v) is 1.70. The summed E-state index contributed by atoms with van der Waals surface area (Å²) in [4.78, 5) is 3.78. The zero-order valence-electron chi connectivity index (χ0n) is 10.8. The van der Waals surface area contributed by atoms with Crippen molar-refractivity contribution in [3.63, 3.8) is 0 Å². The van der Waals surface area contributed by atoms with E-state index in [0.717, 1.165) is 11.6 Å². The Morgan fingerprint density at radius 1 is 1.20 bits per heavy atom. The summed E-state index contributed by atoms with van der Waals surface area (Å²) in [5.41, 5.74) is 0.810. The Kier molecular flexibility index (Phi) is 4.74. The lowest BCUT2D eigenvalue weighted by Crippen LogP contribution is -2.06. The molecule has 1 aromatic heterocycles. The van der Waals surface area contributed by atoms with Crippen LogP contribution in [0, 0.1) is 11.6 Å². The monoisotopic (exact) mass is 298 g/mol. The normalized spacial score (nSPS) is 10.4. The highest BCUT2D eigenvalue weighted by atomic mass is 35.5.